The van der Waals surface area contributed by atoms with Crippen LogP contribution in [0.4, 0.5) is 0 Å². The van der Waals surface area contributed by atoms with Crippen molar-refractivity contribution in [1.29, 1.82) is 0 Å². The molecule has 130 valence electrons. The average Bonchev–Trinajstić information content (AvgIpc) is 2.54. The fourth-order valence-corrected chi connectivity index (χ4v) is 3.82. The van der Waals surface area contributed by atoms with Crippen molar-refractivity contribution in [1.82, 2.24) is 9.88 Å². The summed E-state index contributed by atoms with van der Waals surface area (Å²) in [5, 5.41) is 0. The predicted molar refractivity (Wildman–Crippen MR) is 92.3 cm³/mol. The molecule has 0 bridgehead atoms. The second-order valence-corrected chi connectivity index (χ2v) is 7.75. The number of pyridine rings is 1. The minimum atomic E-state index is 0.0576. The number of nitrogens with zero attached hydrogens (tertiary/aromatic N) is 2. The summed E-state index contributed by atoms with van der Waals surface area (Å²) in [5.41, 5.74) is 3.56. The highest BCUT2D eigenvalue weighted by Crippen LogP contribution is 2.38. The van der Waals surface area contributed by atoms with E-state index in [1.54, 1.807) is 13.3 Å². The van der Waals surface area contributed by atoms with Crippen molar-refractivity contribution in [2.75, 3.05) is 33.5 Å². The number of ketones is 1. The van der Waals surface area contributed by atoms with Gasteiger partial charge in [-0.15, -0.1) is 0 Å². The number of hydrogen-bond donors (Lipinski definition) is 1. The monoisotopic (exact) mass is 330 g/mol. The van der Waals surface area contributed by atoms with Gasteiger partial charge in [-0.1, -0.05) is 19.9 Å². The van der Waals surface area contributed by atoms with Crippen LogP contribution in [0.15, 0.2) is 35.8 Å². The van der Waals surface area contributed by atoms with Gasteiger partial charge in [-0.3, -0.25) is 9.78 Å². The maximum absolute atomic E-state index is 12.7. The summed E-state index contributed by atoms with van der Waals surface area (Å²) < 4.78 is 5.29. The number of carbonyl (C=O) groups is 1. The molecule has 1 aromatic heterocycles. The molecule has 1 aliphatic heterocycles. The fourth-order valence-electron chi connectivity index (χ4n) is 3.82. The second kappa shape index (κ2) is 7.03. The van der Waals surface area contributed by atoms with Crippen LogP contribution in [0.1, 0.15) is 32.3 Å². The quantitative estimate of drug-likeness (QED) is 0.876. The van der Waals surface area contributed by atoms with Gasteiger partial charge in [-0.25, -0.2) is 0 Å². The van der Waals surface area contributed by atoms with Crippen LogP contribution in [0.25, 0.3) is 0 Å². The van der Waals surface area contributed by atoms with E-state index in [0.717, 1.165) is 38.3 Å². The van der Waals surface area contributed by atoms with Crippen molar-refractivity contribution >= 4 is 5.78 Å². The van der Waals surface area contributed by atoms with Crippen LogP contribution in [0, 0.1) is 5.41 Å². The summed E-state index contributed by atoms with van der Waals surface area (Å²) in [5.74, 6) is 0.326. The molecule has 0 saturated heterocycles. The molecule has 2 aliphatic rings. The van der Waals surface area contributed by atoms with Gasteiger partial charge in [0.05, 0.1) is 12.2 Å². The van der Waals surface area contributed by atoms with Gasteiger partial charge in [-0.2, -0.15) is 0 Å². The van der Waals surface area contributed by atoms with Crippen LogP contribution in [0.2, 0.25) is 0 Å². The number of nitrogens with one attached hydrogen (secondary N) is 1. The fraction of sp³-hybridized carbons (Fsp3) is 0.579. The number of Topliss-reactive ketones (excluding diaryl/α,β-unsaturated/α-hetero) is 1. The molecule has 5 heteroatoms. The zero-order chi connectivity index (χ0) is 17.2. The van der Waals surface area contributed by atoms with Gasteiger partial charge in [0.2, 0.25) is 0 Å². The Morgan fingerprint density at radius 2 is 2.21 bits per heavy atom. The lowest BCUT2D eigenvalue weighted by Gasteiger charge is -2.43. The normalized spacial score (nSPS) is 23.4. The molecular weight excluding hydrogens is 302 g/mol. The molecule has 2 heterocycles. The van der Waals surface area contributed by atoms with E-state index in [1.165, 1.54) is 16.2 Å². The molecule has 0 fully saturated rings. The average molecular weight is 330 g/mol. The molecule has 1 aliphatic carbocycles. The Balaban J connectivity index is 1.83. The Morgan fingerprint density at radius 1 is 1.38 bits per heavy atom. The van der Waals surface area contributed by atoms with Crippen molar-refractivity contribution < 1.29 is 14.4 Å². The van der Waals surface area contributed by atoms with Crippen LogP contribution in [-0.2, 0) is 16.1 Å². The van der Waals surface area contributed by atoms with Crippen LogP contribution in [0.3, 0.4) is 0 Å². The Kier molecular flexibility index (Phi) is 5.01. The number of rotatable bonds is 5. The van der Waals surface area contributed by atoms with Crippen molar-refractivity contribution in [3.63, 3.8) is 0 Å². The number of aromatic nitrogens is 1. The Hall–Kier alpha value is -1.72. The number of carbonyl (C=O) groups excluding carboxylic acids is 1. The summed E-state index contributed by atoms with van der Waals surface area (Å²) in [6.07, 6.45) is 5.36. The van der Waals surface area contributed by atoms with E-state index in [4.69, 9.17) is 4.74 Å². The zero-order valence-electron chi connectivity index (χ0n) is 15.0. The van der Waals surface area contributed by atoms with Crippen LogP contribution >= 0.6 is 0 Å². The first kappa shape index (κ1) is 17.1. The van der Waals surface area contributed by atoms with Crippen molar-refractivity contribution in [3.8, 4) is 0 Å². The smallest absolute Gasteiger partial charge is 0.166 e. The summed E-state index contributed by atoms with van der Waals surface area (Å²) in [6, 6.07) is 4.08. The number of methoxy groups -OCH3 is 1. The molecule has 24 heavy (non-hydrogen) atoms. The molecule has 0 aromatic carbocycles. The maximum atomic E-state index is 12.7. The third-order valence-corrected chi connectivity index (χ3v) is 4.94. The van der Waals surface area contributed by atoms with E-state index in [1.807, 2.05) is 12.3 Å². The van der Waals surface area contributed by atoms with Gasteiger partial charge in [0.1, 0.15) is 13.1 Å². The number of quaternary nitrogens is 1. The van der Waals surface area contributed by atoms with Gasteiger partial charge in [-0.05, 0) is 17.9 Å². The van der Waals surface area contributed by atoms with E-state index in [0.29, 0.717) is 18.8 Å². The topological polar surface area (TPSA) is 46.9 Å². The second-order valence-electron chi connectivity index (χ2n) is 7.75. The van der Waals surface area contributed by atoms with Crippen molar-refractivity contribution in [2.45, 2.75) is 33.2 Å². The predicted octanol–water partition coefficient (Wildman–Crippen LogP) is 1.03. The first-order valence-electron chi connectivity index (χ1n) is 8.70. The van der Waals surface area contributed by atoms with Gasteiger partial charge < -0.3 is 14.5 Å². The highest BCUT2D eigenvalue weighted by Gasteiger charge is 2.39. The number of allylic oxidation sites excluding steroid dienone is 1. The lowest BCUT2D eigenvalue weighted by atomic mass is 9.75. The standard InChI is InChI=1S/C19H27N3O2/c1-19(2)9-17-16(18(23)10-19)13-21(14-22(17)7-8-24-3)12-15-5-4-6-20-11-15/h4-6,11H,7-10,12-14H2,1-3H3/p+1. The van der Waals surface area contributed by atoms with Crippen LogP contribution in [0.5, 0.6) is 0 Å². The van der Waals surface area contributed by atoms with E-state index >= 15 is 0 Å². The zero-order valence-corrected chi connectivity index (χ0v) is 15.0. The molecular formula is C19H28N3O2+. The molecule has 5 nitrogen and oxygen atoms in total. The van der Waals surface area contributed by atoms with Gasteiger partial charge in [0.15, 0.2) is 12.5 Å². The lowest BCUT2D eigenvalue weighted by Crippen LogP contribution is -3.13. The molecule has 1 atom stereocenters. The summed E-state index contributed by atoms with van der Waals surface area (Å²) in [7, 11) is 1.73. The van der Waals surface area contributed by atoms with Crippen LogP contribution < -0.4 is 4.90 Å². The minimum absolute atomic E-state index is 0.0576. The largest absolute Gasteiger partial charge is 0.383 e. The van der Waals surface area contributed by atoms with Gasteiger partial charge in [0, 0.05) is 43.7 Å². The molecule has 1 N–H and O–H groups in total. The van der Waals surface area contributed by atoms with E-state index in [2.05, 4.69) is 29.8 Å². The Bertz CT molecular complexity index is 625. The minimum Gasteiger partial charge on any atom is -0.383 e. The lowest BCUT2D eigenvalue weighted by molar-refractivity contribution is -0.921. The Labute approximate surface area is 144 Å². The summed E-state index contributed by atoms with van der Waals surface area (Å²) in [4.78, 5) is 20.7. The third-order valence-electron chi connectivity index (χ3n) is 4.94. The first-order chi connectivity index (χ1) is 11.5. The molecule has 1 unspecified atom stereocenters. The number of hydrogen-bond acceptors (Lipinski definition) is 4. The van der Waals surface area contributed by atoms with E-state index in [9.17, 15) is 4.79 Å². The molecule has 0 spiro atoms. The van der Waals surface area contributed by atoms with Gasteiger partial charge >= 0.3 is 0 Å². The summed E-state index contributed by atoms with van der Waals surface area (Å²) >= 11 is 0. The van der Waals surface area contributed by atoms with E-state index in [-0.39, 0.29) is 5.41 Å². The number of ether oxygens (including phenoxy) is 1. The molecule has 0 radical (unpaired) electrons. The SMILES string of the molecule is COCCN1C[NH+](Cc2cccnc2)CC2=C1CC(C)(C)CC2=O. The van der Waals surface area contributed by atoms with Crippen LogP contribution in [-0.4, -0.2) is 49.1 Å². The van der Waals surface area contributed by atoms with E-state index < -0.39 is 0 Å². The maximum Gasteiger partial charge on any atom is 0.166 e. The highest BCUT2D eigenvalue weighted by molar-refractivity contribution is 5.97. The molecule has 3 rings (SSSR count). The van der Waals surface area contributed by atoms with Crippen molar-refractivity contribution in [3.05, 3.63) is 41.4 Å². The molecule has 1 aromatic rings. The third kappa shape index (κ3) is 3.84. The summed E-state index contributed by atoms with van der Waals surface area (Å²) in [6.45, 7) is 8.55. The highest BCUT2D eigenvalue weighted by atomic mass is 16.5. The first-order valence-corrected chi connectivity index (χ1v) is 8.70. The van der Waals surface area contributed by atoms with Gasteiger partial charge in [0.25, 0.3) is 0 Å². The molecule has 0 saturated carbocycles. The van der Waals surface area contributed by atoms with Crippen molar-refractivity contribution in [2.24, 2.45) is 5.41 Å². The Morgan fingerprint density at radius 3 is 2.92 bits per heavy atom. The molecule has 0 amide bonds.